The molecule has 0 saturated heterocycles. The van der Waals surface area contributed by atoms with Crippen LogP contribution in [-0.2, 0) is 0 Å². The first-order valence-electron chi connectivity index (χ1n) is 9.20. The molecular weight excluding hydrogens is 342 g/mol. The van der Waals surface area contributed by atoms with Crippen molar-refractivity contribution in [3.8, 4) is 11.5 Å². The molecule has 0 saturated carbocycles. The Balaban J connectivity index is 1.84. The fraction of sp³-hybridized carbons (Fsp3) is 0.318. The third-order valence-corrected chi connectivity index (χ3v) is 4.55. The third-order valence-electron chi connectivity index (χ3n) is 4.55. The van der Waals surface area contributed by atoms with Crippen LogP contribution in [0.5, 0.6) is 11.5 Å². The predicted octanol–water partition coefficient (Wildman–Crippen LogP) is 5.06. The second-order valence-corrected chi connectivity index (χ2v) is 6.31. The van der Waals surface area contributed by atoms with Gasteiger partial charge in [0.15, 0.2) is 11.5 Å². The Kier molecular flexibility index (Phi) is 5.69. The first-order chi connectivity index (χ1) is 13.0. The number of nitrogens with zero attached hydrogens (tertiary/aromatic N) is 1. The summed E-state index contributed by atoms with van der Waals surface area (Å²) < 4.78 is 17.1. The fourth-order valence-electron chi connectivity index (χ4n) is 2.96. The third kappa shape index (κ3) is 3.92. The highest BCUT2D eigenvalue weighted by Crippen LogP contribution is 2.31. The van der Waals surface area contributed by atoms with Gasteiger partial charge in [-0.1, -0.05) is 18.2 Å². The summed E-state index contributed by atoms with van der Waals surface area (Å²) in [6, 6.07) is 14.9. The maximum Gasteiger partial charge on any atom is 0.254 e. The molecule has 0 aliphatic carbocycles. The number of benzene rings is 2. The standard InChI is InChI=1S/C22H25NO4/c1-5-25-19-12-11-17(14-21(19)26-6-2)22(24)23(4)15(3)20-13-16-9-7-8-10-18(16)27-20/h7-15H,5-6H2,1-4H3. The summed E-state index contributed by atoms with van der Waals surface area (Å²) in [6.45, 7) is 6.81. The number of carbonyl (C=O) groups is 1. The van der Waals surface area contributed by atoms with E-state index in [0.717, 1.165) is 16.7 Å². The largest absolute Gasteiger partial charge is 0.490 e. The zero-order valence-electron chi connectivity index (χ0n) is 16.2. The number of para-hydroxylation sites is 1. The van der Waals surface area contributed by atoms with Crippen molar-refractivity contribution in [3.63, 3.8) is 0 Å². The van der Waals surface area contributed by atoms with Crippen LogP contribution >= 0.6 is 0 Å². The van der Waals surface area contributed by atoms with Gasteiger partial charge >= 0.3 is 0 Å². The smallest absolute Gasteiger partial charge is 0.254 e. The number of fused-ring (bicyclic) bond motifs is 1. The minimum atomic E-state index is -0.202. The summed E-state index contributed by atoms with van der Waals surface area (Å²) >= 11 is 0. The molecule has 0 aliphatic heterocycles. The maximum absolute atomic E-state index is 13.0. The van der Waals surface area contributed by atoms with E-state index in [9.17, 15) is 4.79 Å². The van der Waals surface area contributed by atoms with E-state index >= 15 is 0 Å². The number of furan rings is 1. The summed E-state index contributed by atoms with van der Waals surface area (Å²) in [7, 11) is 1.77. The van der Waals surface area contributed by atoms with Gasteiger partial charge in [-0.2, -0.15) is 0 Å². The SMILES string of the molecule is CCOc1ccc(C(=O)N(C)C(C)c2cc3ccccc3o2)cc1OCC. The van der Waals surface area contributed by atoms with Crippen molar-refractivity contribution in [2.24, 2.45) is 0 Å². The lowest BCUT2D eigenvalue weighted by atomic mass is 10.1. The molecule has 0 fully saturated rings. The molecule has 1 heterocycles. The lowest BCUT2D eigenvalue weighted by molar-refractivity contribution is 0.0727. The topological polar surface area (TPSA) is 51.9 Å². The molecule has 1 amide bonds. The molecule has 1 atom stereocenters. The first kappa shape index (κ1) is 18.8. The van der Waals surface area contributed by atoms with Crippen molar-refractivity contribution >= 4 is 16.9 Å². The van der Waals surface area contributed by atoms with Crippen molar-refractivity contribution in [3.05, 3.63) is 59.9 Å². The van der Waals surface area contributed by atoms with Gasteiger partial charge in [0.25, 0.3) is 5.91 Å². The molecular formula is C22H25NO4. The van der Waals surface area contributed by atoms with Gasteiger partial charge in [0, 0.05) is 18.0 Å². The molecule has 0 aliphatic rings. The van der Waals surface area contributed by atoms with Gasteiger partial charge < -0.3 is 18.8 Å². The minimum absolute atomic E-state index is 0.105. The number of hydrogen-bond donors (Lipinski definition) is 0. The molecule has 5 nitrogen and oxygen atoms in total. The number of rotatable bonds is 7. The zero-order chi connectivity index (χ0) is 19.4. The molecule has 142 valence electrons. The van der Waals surface area contributed by atoms with Crippen LogP contribution in [0, 0.1) is 0 Å². The number of hydrogen-bond acceptors (Lipinski definition) is 4. The molecule has 0 spiro atoms. The van der Waals surface area contributed by atoms with Gasteiger partial charge in [-0.05, 0) is 51.1 Å². The average molecular weight is 367 g/mol. The second kappa shape index (κ2) is 8.16. The van der Waals surface area contributed by atoms with Gasteiger partial charge in [-0.3, -0.25) is 4.79 Å². The van der Waals surface area contributed by atoms with E-state index in [2.05, 4.69) is 0 Å². The van der Waals surface area contributed by atoms with Crippen LogP contribution in [0.3, 0.4) is 0 Å². The predicted molar refractivity (Wildman–Crippen MR) is 106 cm³/mol. The van der Waals surface area contributed by atoms with Crippen LogP contribution in [0.1, 0.15) is 42.9 Å². The lowest BCUT2D eigenvalue weighted by Crippen LogP contribution is -2.29. The monoisotopic (exact) mass is 367 g/mol. The highest BCUT2D eigenvalue weighted by Gasteiger charge is 2.23. The van der Waals surface area contributed by atoms with Crippen LogP contribution in [-0.4, -0.2) is 31.1 Å². The maximum atomic E-state index is 13.0. The number of carbonyl (C=O) groups excluding carboxylic acids is 1. The molecule has 3 aromatic rings. The molecule has 3 rings (SSSR count). The molecule has 5 heteroatoms. The van der Waals surface area contributed by atoms with Gasteiger partial charge in [-0.15, -0.1) is 0 Å². The molecule has 0 radical (unpaired) electrons. The highest BCUT2D eigenvalue weighted by atomic mass is 16.5. The lowest BCUT2D eigenvalue weighted by Gasteiger charge is -2.24. The molecule has 1 aromatic heterocycles. The minimum Gasteiger partial charge on any atom is -0.490 e. The van der Waals surface area contributed by atoms with E-state index in [1.54, 1.807) is 30.1 Å². The van der Waals surface area contributed by atoms with E-state index in [-0.39, 0.29) is 11.9 Å². The first-order valence-corrected chi connectivity index (χ1v) is 9.20. The van der Waals surface area contributed by atoms with E-state index in [1.807, 2.05) is 51.1 Å². The molecule has 0 bridgehead atoms. The van der Waals surface area contributed by atoms with E-state index < -0.39 is 0 Å². The summed E-state index contributed by atoms with van der Waals surface area (Å²) in [5.41, 5.74) is 1.37. The Morgan fingerprint density at radius 3 is 2.44 bits per heavy atom. The van der Waals surface area contributed by atoms with Crippen molar-refractivity contribution in [1.29, 1.82) is 0 Å². The summed E-state index contributed by atoms with van der Waals surface area (Å²) in [6.07, 6.45) is 0. The Labute approximate surface area is 159 Å². The van der Waals surface area contributed by atoms with E-state index in [4.69, 9.17) is 13.9 Å². The Bertz CT molecular complexity index is 898. The molecule has 2 aromatic carbocycles. The van der Waals surface area contributed by atoms with Gasteiger partial charge in [0.05, 0.1) is 19.3 Å². The van der Waals surface area contributed by atoms with E-state index in [0.29, 0.717) is 30.3 Å². The van der Waals surface area contributed by atoms with Gasteiger partial charge in [-0.25, -0.2) is 0 Å². The highest BCUT2D eigenvalue weighted by molar-refractivity contribution is 5.95. The summed E-state index contributed by atoms with van der Waals surface area (Å²) in [4.78, 5) is 14.7. The van der Waals surface area contributed by atoms with Crippen LogP contribution in [0.4, 0.5) is 0 Å². The van der Waals surface area contributed by atoms with Crippen LogP contribution in [0.2, 0.25) is 0 Å². The van der Waals surface area contributed by atoms with Crippen molar-refractivity contribution in [1.82, 2.24) is 4.90 Å². The molecule has 27 heavy (non-hydrogen) atoms. The van der Waals surface area contributed by atoms with Crippen LogP contribution < -0.4 is 9.47 Å². The molecule has 1 unspecified atom stereocenters. The summed E-state index contributed by atoms with van der Waals surface area (Å²) in [5, 5.41) is 1.03. The van der Waals surface area contributed by atoms with Crippen LogP contribution in [0.15, 0.2) is 52.9 Å². The Morgan fingerprint density at radius 1 is 1.04 bits per heavy atom. The van der Waals surface area contributed by atoms with Gasteiger partial charge in [0.2, 0.25) is 0 Å². The fourth-order valence-corrected chi connectivity index (χ4v) is 2.96. The Hall–Kier alpha value is -2.95. The van der Waals surface area contributed by atoms with Crippen molar-refractivity contribution in [2.75, 3.05) is 20.3 Å². The summed E-state index contributed by atoms with van der Waals surface area (Å²) in [5.74, 6) is 1.87. The number of ether oxygens (including phenoxy) is 2. The van der Waals surface area contributed by atoms with Crippen molar-refractivity contribution in [2.45, 2.75) is 26.8 Å². The Morgan fingerprint density at radius 2 is 1.74 bits per heavy atom. The number of amides is 1. The molecule has 0 N–H and O–H groups in total. The van der Waals surface area contributed by atoms with Crippen molar-refractivity contribution < 1.29 is 18.7 Å². The quantitative estimate of drug-likeness (QED) is 0.585. The second-order valence-electron chi connectivity index (χ2n) is 6.31. The van der Waals surface area contributed by atoms with Gasteiger partial charge in [0.1, 0.15) is 11.3 Å². The van der Waals surface area contributed by atoms with E-state index in [1.165, 1.54) is 0 Å². The zero-order valence-corrected chi connectivity index (χ0v) is 16.2. The normalized spacial score (nSPS) is 12.0. The van der Waals surface area contributed by atoms with Crippen LogP contribution in [0.25, 0.3) is 11.0 Å². The average Bonchev–Trinajstić information content (AvgIpc) is 3.12.